The molecule has 2 aliphatic rings. The van der Waals surface area contributed by atoms with Crippen LogP contribution in [0.3, 0.4) is 0 Å². The predicted octanol–water partition coefficient (Wildman–Crippen LogP) is 5.71. The Labute approximate surface area is 238 Å². The van der Waals surface area contributed by atoms with Gasteiger partial charge in [-0.3, -0.25) is 14.5 Å². The van der Waals surface area contributed by atoms with E-state index in [1.807, 2.05) is 13.8 Å². The normalized spacial score (nSPS) is 17.4. The van der Waals surface area contributed by atoms with Gasteiger partial charge in [0.25, 0.3) is 11.8 Å². The first-order chi connectivity index (χ1) is 19.1. The van der Waals surface area contributed by atoms with Crippen molar-refractivity contribution >= 4 is 46.4 Å². The summed E-state index contributed by atoms with van der Waals surface area (Å²) in [5, 5.41) is 3.15. The highest BCUT2D eigenvalue weighted by Crippen LogP contribution is 2.56. The van der Waals surface area contributed by atoms with E-state index in [0.29, 0.717) is 33.2 Å². The van der Waals surface area contributed by atoms with Crippen molar-refractivity contribution < 1.29 is 23.5 Å². The minimum atomic E-state index is -1.64. The average Bonchev–Trinajstić information content (AvgIpc) is 3.53. The fraction of sp³-hybridized carbons (Fsp3) is 0.214. The third-order valence-corrected chi connectivity index (χ3v) is 7.70. The van der Waals surface area contributed by atoms with Crippen LogP contribution in [0.25, 0.3) is 5.69 Å². The lowest BCUT2D eigenvalue weighted by atomic mass is 9.81. The number of fused-ring (bicyclic) bond motifs is 4. The quantitative estimate of drug-likeness (QED) is 0.324. The van der Waals surface area contributed by atoms with Crippen molar-refractivity contribution in [2.75, 3.05) is 24.4 Å². The Morgan fingerprint density at radius 3 is 2.52 bits per heavy atom. The van der Waals surface area contributed by atoms with Gasteiger partial charge in [-0.05, 0) is 36.2 Å². The monoisotopic (exact) mass is 581 g/mol. The summed E-state index contributed by atoms with van der Waals surface area (Å²) in [5.41, 5.74) is 1.47. The number of carbonyl (C=O) groups excluding carboxylic acids is 2. The summed E-state index contributed by atoms with van der Waals surface area (Å²) in [5.74, 6) is -1.55. The van der Waals surface area contributed by atoms with E-state index in [-0.39, 0.29) is 34.1 Å². The molecular formula is C28H22Cl2FN5O4. The van der Waals surface area contributed by atoms with Gasteiger partial charge in [-0.2, -0.15) is 4.98 Å². The van der Waals surface area contributed by atoms with E-state index in [9.17, 15) is 14.0 Å². The van der Waals surface area contributed by atoms with E-state index in [4.69, 9.17) is 32.7 Å². The Morgan fingerprint density at radius 2 is 1.85 bits per heavy atom. The molecule has 0 saturated heterocycles. The highest BCUT2D eigenvalue weighted by atomic mass is 35.5. The molecule has 1 spiro atoms. The average molecular weight is 582 g/mol. The summed E-state index contributed by atoms with van der Waals surface area (Å²) in [4.78, 5) is 38.5. The van der Waals surface area contributed by atoms with Crippen molar-refractivity contribution in [3.8, 4) is 17.6 Å². The van der Waals surface area contributed by atoms with E-state index in [1.165, 1.54) is 43.5 Å². The Kier molecular flexibility index (Phi) is 6.01. The molecule has 2 aromatic carbocycles. The number of halogens is 3. The molecule has 40 heavy (non-hydrogen) atoms. The number of hydrogen-bond donors (Lipinski definition) is 1. The summed E-state index contributed by atoms with van der Waals surface area (Å²) in [6.07, 6.45) is 3.18. The molecule has 0 radical (unpaired) electrons. The molecule has 4 aromatic rings. The molecule has 9 nitrogen and oxygen atoms in total. The molecule has 6 rings (SSSR count). The third kappa shape index (κ3) is 3.45. The number of ether oxygens (including phenoxy) is 2. The number of carbonyl (C=O) groups is 2. The minimum Gasteiger partial charge on any atom is -0.479 e. The van der Waals surface area contributed by atoms with E-state index < -0.39 is 23.2 Å². The standard InChI is InChI=1S/C28H22Cl2FN5O4/c1-13(2)23-22-16(12-35(23)21-11-32-27(40-4)34-24(21)39-3)25(37)36(15-6-8-19(31)18(30)10-15)28(22)17-7-5-14(29)9-20(17)33-26(28)38/h5-13H,1-4H3,(H,33,38). The van der Waals surface area contributed by atoms with Crippen LogP contribution < -0.4 is 19.7 Å². The highest BCUT2D eigenvalue weighted by molar-refractivity contribution is 6.32. The minimum absolute atomic E-state index is 0.110. The number of nitrogens with zero attached hydrogens (tertiary/aromatic N) is 4. The fourth-order valence-corrected chi connectivity index (χ4v) is 6.00. The van der Waals surface area contributed by atoms with Crippen molar-refractivity contribution in [3.63, 3.8) is 0 Å². The lowest BCUT2D eigenvalue weighted by molar-refractivity contribution is -0.119. The van der Waals surface area contributed by atoms with Crippen molar-refractivity contribution in [2.45, 2.75) is 25.3 Å². The van der Waals surface area contributed by atoms with Gasteiger partial charge in [0.1, 0.15) is 11.5 Å². The largest absolute Gasteiger partial charge is 0.479 e. The SMILES string of the molecule is COc1ncc(-n2cc3c(c2C(C)C)C2(C(=O)Nc4cc(Cl)ccc42)N(c2ccc(F)c(Cl)c2)C3=O)c(OC)n1. The Balaban J connectivity index is 1.71. The molecule has 1 unspecified atom stereocenters. The number of amides is 2. The number of rotatable bonds is 5. The number of benzene rings is 2. The molecule has 0 bridgehead atoms. The summed E-state index contributed by atoms with van der Waals surface area (Å²) in [6.45, 7) is 3.91. The molecular weight excluding hydrogens is 560 g/mol. The third-order valence-electron chi connectivity index (χ3n) is 7.18. The van der Waals surface area contributed by atoms with Gasteiger partial charge in [0.05, 0.1) is 31.0 Å². The molecule has 2 amide bonds. The van der Waals surface area contributed by atoms with Crippen LogP contribution in [-0.4, -0.2) is 40.6 Å². The van der Waals surface area contributed by atoms with Crippen molar-refractivity contribution in [3.05, 3.63) is 87.0 Å². The molecule has 4 heterocycles. The Morgan fingerprint density at radius 1 is 1.07 bits per heavy atom. The summed E-state index contributed by atoms with van der Waals surface area (Å²) in [6, 6.07) is 9.06. The topological polar surface area (TPSA) is 98.6 Å². The fourth-order valence-electron chi connectivity index (χ4n) is 5.65. The first kappa shape index (κ1) is 26.1. The van der Waals surface area contributed by atoms with E-state index in [1.54, 1.807) is 29.0 Å². The zero-order chi connectivity index (χ0) is 28.5. The van der Waals surface area contributed by atoms with Crippen LogP contribution in [0.5, 0.6) is 11.9 Å². The lowest BCUT2D eigenvalue weighted by Gasteiger charge is -2.36. The van der Waals surface area contributed by atoms with Crippen LogP contribution in [0.1, 0.15) is 46.9 Å². The Hall–Kier alpha value is -4.15. The number of nitrogens with one attached hydrogen (secondary N) is 1. The second kappa shape index (κ2) is 9.21. The van der Waals surface area contributed by atoms with Crippen LogP contribution in [0, 0.1) is 5.82 Å². The van der Waals surface area contributed by atoms with Crippen LogP contribution in [0.15, 0.2) is 48.8 Å². The van der Waals surface area contributed by atoms with E-state index >= 15 is 0 Å². The van der Waals surface area contributed by atoms with Gasteiger partial charge in [0.15, 0.2) is 5.54 Å². The second-order valence-corrected chi connectivity index (χ2v) is 10.5. The van der Waals surface area contributed by atoms with Gasteiger partial charge in [-0.1, -0.05) is 43.1 Å². The number of methoxy groups -OCH3 is 2. The highest BCUT2D eigenvalue weighted by Gasteiger charge is 2.63. The zero-order valence-corrected chi connectivity index (χ0v) is 23.3. The molecule has 204 valence electrons. The van der Waals surface area contributed by atoms with Gasteiger partial charge >= 0.3 is 6.01 Å². The van der Waals surface area contributed by atoms with E-state index in [2.05, 4.69) is 15.3 Å². The molecule has 1 N–H and O–H groups in total. The summed E-state index contributed by atoms with van der Waals surface area (Å²) in [7, 11) is 2.91. The van der Waals surface area contributed by atoms with E-state index in [0.717, 1.165) is 0 Å². The van der Waals surface area contributed by atoms with Crippen molar-refractivity contribution in [1.82, 2.24) is 14.5 Å². The van der Waals surface area contributed by atoms with Gasteiger partial charge in [-0.25, -0.2) is 9.37 Å². The molecule has 0 aliphatic carbocycles. The zero-order valence-electron chi connectivity index (χ0n) is 21.8. The number of anilines is 2. The predicted molar refractivity (Wildman–Crippen MR) is 148 cm³/mol. The van der Waals surface area contributed by atoms with Crippen LogP contribution in [0.2, 0.25) is 10.0 Å². The molecule has 1 atom stereocenters. The van der Waals surface area contributed by atoms with Crippen LogP contribution in [0.4, 0.5) is 15.8 Å². The van der Waals surface area contributed by atoms with Gasteiger partial charge in [0, 0.05) is 39.4 Å². The van der Waals surface area contributed by atoms with Crippen LogP contribution >= 0.6 is 23.2 Å². The number of aromatic nitrogens is 3. The van der Waals surface area contributed by atoms with Gasteiger partial charge < -0.3 is 19.4 Å². The van der Waals surface area contributed by atoms with Crippen LogP contribution in [-0.2, 0) is 10.3 Å². The Bertz CT molecular complexity index is 1740. The molecule has 2 aromatic heterocycles. The smallest absolute Gasteiger partial charge is 0.319 e. The lowest BCUT2D eigenvalue weighted by Crippen LogP contribution is -2.50. The number of hydrogen-bond acceptors (Lipinski definition) is 6. The summed E-state index contributed by atoms with van der Waals surface area (Å²) >= 11 is 12.4. The molecule has 12 heteroatoms. The maximum Gasteiger partial charge on any atom is 0.319 e. The van der Waals surface area contributed by atoms with Gasteiger partial charge in [-0.15, -0.1) is 0 Å². The molecule has 0 fully saturated rings. The second-order valence-electron chi connectivity index (χ2n) is 9.67. The van der Waals surface area contributed by atoms with Gasteiger partial charge in [0.2, 0.25) is 5.88 Å². The summed E-state index contributed by atoms with van der Waals surface area (Å²) < 4.78 is 26.6. The first-order valence-corrected chi connectivity index (χ1v) is 13.0. The first-order valence-electron chi connectivity index (χ1n) is 12.3. The van der Waals surface area contributed by atoms with Crippen molar-refractivity contribution in [2.24, 2.45) is 0 Å². The van der Waals surface area contributed by atoms with Crippen molar-refractivity contribution in [1.29, 1.82) is 0 Å². The maximum atomic E-state index is 14.3. The molecule has 0 saturated carbocycles. The molecule has 2 aliphatic heterocycles. The maximum absolute atomic E-state index is 14.3.